The Morgan fingerprint density at radius 3 is 2.33 bits per heavy atom. The SMILES string of the molecule is CN(C)CCNCC[C@@H](Cc1ccccc1Cl)c1ccc(Cl)cc1. The van der Waals surface area contributed by atoms with Crippen LogP contribution in [0.2, 0.25) is 10.0 Å². The van der Waals surface area contributed by atoms with Gasteiger partial charge in [-0.2, -0.15) is 0 Å². The van der Waals surface area contributed by atoms with Crippen molar-refractivity contribution in [1.82, 2.24) is 10.2 Å². The lowest BCUT2D eigenvalue weighted by molar-refractivity contribution is 0.397. The van der Waals surface area contributed by atoms with Gasteiger partial charge in [-0.05, 0) is 68.7 Å². The van der Waals surface area contributed by atoms with Crippen molar-refractivity contribution in [3.05, 3.63) is 69.7 Å². The lowest BCUT2D eigenvalue weighted by Crippen LogP contribution is -2.28. The monoisotopic (exact) mass is 364 g/mol. The van der Waals surface area contributed by atoms with Gasteiger partial charge >= 0.3 is 0 Å². The van der Waals surface area contributed by atoms with Crippen LogP contribution in [-0.4, -0.2) is 38.6 Å². The van der Waals surface area contributed by atoms with Gasteiger partial charge in [0.15, 0.2) is 0 Å². The number of nitrogens with one attached hydrogen (secondary N) is 1. The summed E-state index contributed by atoms with van der Waals surface area (Å²) in [6, 6.07) is 16.3. The molecule has 1 N–H and O–H groups in total. The lowest BCUT2D eigenvalue weighted by Gasteiger charge is -2.19. The average molecular weight is 365 g/mol. The highest BCUT2D eigenvalue weighted by atomic mass is 35.5. The molecule has 1 atom stereocenters. The Hall–Kier alpha value is -1.06. The van der Waals surface area contributed by atoms with Gasteiger partial charge in [0.2, 0.25) is 0 Å². The van der Waals surface area contributed by atoms with Crippen LogP contribution >= 0.6 is 23.2 Å². The van der Waals surface area contributed by atoms with Crippen LogP contribution in [0, 0.1) is 0 Å². The molecule has 2 rings (SSSR count). The molecule has 0 saturated heterocycles. The second-order valence-corrected chi connectivity index (χ2v) is 7.23. The molecule has 0 aliphatic carbocycles. The van der Waals surface area contributed by atoms with Gasteiger partial charge < -0.3 is 10.2 Å². The maximum absolute atomic E-state index is 6.36. The summed E-state index contributed by atoms with van der Waals surface area (Å²) < 4.78 is 0. The smallest absolute Gasteiger partial charge is 0.0438 e. The van der Waals surface area contributed by atoms with Crippen LogP contribution in [0.25, 0.3) is 0 Å². The second kappa shape index (κ2) is 10.0. The predicted octanol–water partition coefficient (Wildman–Crippen LogP) is 4.86. The molecule has 0 bridgehead atoms. The zero-order valence-electron chi connectivity index (χ0n) is 14.4. The molecule has 0 amide bonds. The number of nitrogens with zero attached hydrogens (tertiary/aromatic N) is 1. The van der Waals surface area contributed by atoms with Crippen molar-refractivity contribution in [3.8, 4) is 0 Å². The van der Waals surface area contributed by atoms with Crippen molar-refractivity contribution in [2.75, 3.05) is 33.7 Å². The van der Waals surface area contributed by atoms with E-state index in [1.165, 1.54) is 11.1 Å². The Balaban J connectivity index is 2.01. The first-order valence-corrected chi connectivity index (χ1v) is 9.16. The van der Waals surface area contributed by atoms with Gasteiger partial charge in [-0.3, -0.25) is 0 Å². The summed E-state index contributed by atoms with van der Waals surface area (Å²) in [4.78, 5) is 2.19. The first kappa shape index (κ1) is 19.3. The van der Waals surface area contributed by atoms with Crippen molar-refractivity contribution in [2.45, 2.75) is 18.8 Å². The molecule has 0 spiro atoms. The first-order chi connectivity index (χ1) is 11.6. The summed E-state index contributed by atoms with van der Waals surface area (Å²) in [5.41, 5.74) is 2.51. The number of likely N-dealkylation sites (N-methyl/N-ethyl adjacent to an activating group) is 1. The molecule has 130 valence electrons. The van der Waals surface area contributed by atoms with Crippen molar-refractivity contribution >= 4 is 23.2 Å². The fourth-order valence-corrected chi connectivity index (χ4v) is 3.09. The van der Waals surface area contributed by atoms with E-state index in [1.807, 2.05) is 24.3 Å². The van der Waals surface area contributed by atoms with E-state index in [0.29, 0.717) is 5.92 Å². The first-order valence-electron chi connectivity index (χ1n) is 8.40. The summed E-state index contributed by atoms with van der Waals surface area (Å²) in [5.74, 6) is 0.425. The molecule has 0 aromatic heterocycles. The van der Waals surface area contributed by atoms with Crippen LogP contribution in [0.1, 0.15) is 23.5 Å². The molecule has 0 radical (unpaired) electrons. The van der Waals surface area contributed by atoms with E-state index in [1.54, 1.807) is 0 Å². The van der Waals surface area contributed by atoms with E-state index in [4.69, 9.17) is 23.2 Å². The van der Waals surface area contributed by atoms with Gasteiger partial charge in [0, 0.05) is 23.1 Å². The third-order valence-corrected chi connectivity index (χ3v) is 4.79. The summed E-state index contributed by atoms with van der Waals surface area (Å²) in [7, 11) is 4.19. The highest BCUT2D eigenvalue weighted by molar-refractivity contribution is 6.31. The van der Waals surface area contributed by atoms with E-state index >= 15 is 0 Å². The fourth-order valence-electron chi connectivity index (χ4n) is 2.75. The van der Waals surface area contributed by atoms with Gasteiger partial charge in [-0.25, -0.2) is 0 Å². The molecule has 0 aliphatic rings. The number of halogens is 2. The largest absolute Gasteiger partial charge is 0.315 e. The topological polar surface area (TPSA) is 15.3 Å². The number of hydrogen-bond acceptors (Lipinski definition) is 2. The van der Waals surface area contributed by atoms with Gasteiger partial charge in [0.25, 0.3) is 0 Å². The molecular formula is C20H26Cl2N2. The molecule has 2 aromatic rings. The third kappa shape index (κ3) is 6.45. The Morgan fingerprint density at radius 1 is 0.958 bits per heavy atom. The lowest BCUT2D eigenvalue weighted by atomic mass is 9.89. The highest BCUT2D eigenvalue weighted by Gasteiger charge is 2.14. The maximum atomic E-state index is 6.36. The Kier molecular flexibility index (Phi) is 8.07. The van der Waals surface area contributed by atoms with E-state index < -0.39 is 0 Å². The molecule has 0 heterocycles. The summed E-state index contributed by atoms with van der Waals surface area (Å²) in [6.07, 6.45) is 2.01. The average Bonchev–Trinajstić information content (AvgIpc) is 2.56. The Labute approximate surface area is 155 Å². The zero-order valence-corrected chi connectivity index (χ0v) is 15.9. The van der Waals surface area contributed by atoms with Crippen LogP contribution in [0.4, 0.5) is 0 Å². The maximum Gasteiger partial charge on any atom is 0.0438 e. The standard InChI is InChI=1S/C20H26Cl2N2/c1-24(2)14-13-23-12-11-17(16-7-9-19(21)10-8-16)15-18-5-3-4-6-20(18)22/h3-10,17,23H,11-15H2,1-2H3/t17-/m0/s1. The van der Waals surface area contributed by atoms with Crippen LogP contribution < -0.4 is 5.32 Å². The minimum absolute atomic E-state index is 0.425. The molecule has 2 aromatic carbocycles. The highest BCUT2D eigenvalue weighted by Crippen LogP contribution is 2.28. The van der Waals surface area contributed by atoms with Crippen LogP contribution in [-0.2, 0) is 6.42 Å². The number of hydrogen-bond donors (Lipinski definition) is 1. The molecule has 0 unspecified atom stereocenters. The summed E-state index contributed by atoms with van der Waals surface area (Å²) >= 11 is 12.4. The third-order valence-electron chi connectivity index (χ3n) is 4.17. The zero-order chi connectivity index (χ0) is 17.4. The second-order valence-electron chi connectivity index (χ2n) is 6.39. The Bertz CT molecular complexity index is 611. The minimum Gasteiger partial charge on any atom is -0.315 e. The molecule has 2 nitrogen and oxygen atoms in total. The summed E-state index contributed by atoms with van der Waals surface area (Å²) in [5, 5.41) is 5.15. The van der Waals surface area contributed by atoms with Crippen molar-refractivity contribution in [1.29, 1.82) is 0 Å². The van der Waals surface area contributed by atoms with E-state index in [-0.39, 0.29) is 0 Å². The molecular weight excluding hydrogens is 339 g/mol. The number of benzene rings is 2. The minimum atomic E-state index is 0.425. The van der Waals surface area contributed by atoms with E-state index in [0.717, 1.165) is 42.5 Å². The van der Waals surface area contributed by atoms with E-state index in [2.05, 4.69) is 48.6 Å². The van der Waals surface area contributed by atoms with Crippen molar-refractivity contribution in [2.24, 2.45) is 0 Å². The van der Waals surface area contributed by atoms with Crippen LogP contribution in [0.15, 0.2) is 48.5 Å². The van der Waals surface area contributed by atoms with Crippen molar-refractivity contribution in [3.63, 3.8) is 0 Å². The predicted molar refractivity (Wildman–Crippen MR) is 105 cm³/mol. The fraction of sp³-hybridized carbons (Fsp3) is 0.400. The van der Waals surface area contributed by atoms with Crippen molar-refractivity contribution < 1.29 is 0 Å². The normalized spacial score (nSPS) is 12.5. The van der Waals surface area contributed by atoms with Crippen LogP contribution in [0.5, 0.6) is 0 Å². The number of rotatable bonds is 9. The quantitative estimate of drug-likeness (QED) is 0.639. The van der Waals surface area contributed by atoms with Gasteiger partial charge in [-0.15, -0.1) is 0 Å². The molecule has 24 heavy (non-hydrogen) atoms. The Morgan fingerprint density at radius 2 is 1.67 bits per heavy atom. The molecule has 0 fully saturated rings. The molecule has 0 saturated carbocycles. The summed E-state index contributed by atoms with van der Waals surface area (Å²) in [6.45, 7) is 3.05. The van der Waals surface area contributed by atoms with E-state index in [9.17, 15) is 0 Å². The van der Waals surface area contributed by atoms with Gasteiger partial charge in [0.05, 0.1) is 0 Å². The molecule has 4 heteroatoms. The van der Waals surface area contributed by atoms with Gasteiger partial charge in [0.1, 0.15) is 0 Å². The van der Waals surface area contributed by atoms with Gasteiger partial charge in [-0.1, -0.05) is 53.5 Å². The van der Waals surface area contributed by atoms with Crippen LogP contribution in [0.3, 0.4) is 0 Å². The molecule has 0 aliphatic heterocycles.